The van der Waals surface area contributed by atoms with Crippen molar-refractivity contribution in [2.45, 2.75) is 26.1 Å². The molecule has 1 aliphatic heterocycles. The quantitative estimate of drug-likeness (QED) is 0.312. The topological polar surface area (TPSA) is 75.5 Å². The van der Waals surface area contributed by atoms with Crippen molar-refractivity contribution < 1.29 is 27.9 Å². The lowest BCUT2D eigenvalue weighted by Gasteiger charge is -2.29. The number of halogens is 1. The molecule has 0 N–H and O–H groups in total. The predicted molar refractivity (Wildman–Crippen MR) is 144 cm³/mol. The molecular formula is C30H36FN3O5. The maximum atomic E-state index is 13.6. The van der Waals surface area contributed by atoms with Crippen molar-refractivity contribution in [2.75, 3.05) is 52.5 Å². The van der Waals surface area contributed by atoms with Gasteiger partial charge >= 0.3 is 0 Å². The summed E-state index contributed by atoms with van der Waals surface area (Å²) in [6.07, 6.45) is 2.29. The van der Waals surface area contributed by atoms with E-state index in [-0.39, 0.29) is 43.9 Å². The summed E-state index contributed by atoms with van der Waals surface area (Å²) >= 11 is 0. The van der Waals surface area contributed by atoms with E-state index in [4.69, 9.17) is 13.9 Å². The van der Waals surface area contributed by atoms with E-state index in [9.17, 15) is 14.0 Å². The monoisotopic (exact) mass is 537 g/mol. The number of hydrogen-bond acceptors (Lipinski definition) is 6. The molecule has 1 aromatic heterocycles. The highest BCUT2D eigenvalue weighted by atomic mass is 19.1. The zero-order valence-electron chi connectivity index (χ0n) is 22.2. The Morgan fingerprint density at radius 2 is 1.64 bits per heavy atom. The molecule has 208 valence electrons. The highest BCUT2D eigenvalue weighted by Gasteiger charge is 2.23. The summed E-state index contributed by atoms with van der Waals surface area (Å²) in [4.78, 5) is 32.3. The Morgan fingerprint density at radius 3 is 2.36 bits per heavy atom. The summed E-state index contributed by atoms with van der Waals surface area (Å²) in [7, 11) is 0. The summed E-state index contributed by atoms with van der Waals surface area (Å²) in [6, 6.07) is 19.3. The van der Waals surface area contributed by atoms with Gasteiger partial charge in [0.05, 0.1) is 39.2 Å². The Morgan fingerprint density at radius 1 is 0.872 bits per heavy atom. The van der Waals surface area contributed by atoms with Gasteiger partial charge in [0.25, 0.3) is 0 Å². The molecular weight excluding hydrogens is 501 g/mol. The van der Waals surface area contributed by atoms with Gasteiger partial charge in [-0.3, -0.25) is 14.5 Å². The third-order valence-electron chi connectivity index (χ3n) is 6.59. The summed E-state index contributed by atoms with van der Waals surface area (Å²) in [5.41, 5.74) is 1.76. The Kier molecular flexibility index (Phi) is 11.1. The van der Waals surface area contributed by atoms with E-state index in [1.165, 1.54) is 12.1 Å². The van der Waals surface area contributed by atoms with Crippen molar-refractivity contribution in [2.24, 2.45) is 0 Å². The number of morpholine rings is 1. The maximum absolute atomic E-state index is 13.6. The molecule has 9 heteroatoms. The number of carbonyl (C=O) groups excluding carboxylic acids is 2. The second kappa shape index (κ2) is 15.2. The molecule has 0 saturated carbocycles. The van der Waals surface area contributed by atoms with Gasteiger partial charge in [-0.15, -0.1) is 0 Å². The van der Waals surface area contributed by atoms with Crippen LogP contribution >= 0.6 is 0 Å². The molecule has 4 rings (SSSR count). The maximum Gasteiger partial charge on any atom is 0.249 e. The number of benzene rings is 2. The van der Waals surface area contributed by atoms with Gasteiger partial charge in [0.15, 0.2) is 0 Å². The van der Waals surface area contributed by atoms with E-state index in [1.54, 1.807) is 40.3 Å². The molecule has 39 heavy (non-hydrogen) atoms. The SMILES string of the molecule is O=C(COCc1ccccc1)N(CCCN1CCOCC1)CC(=O)N(Cc1ccc(F)cc1)Cc1ccco1. The minimum Gasteiger partial charge on any atom is -0.467 e. The average molecular weight is 538 g/mol. The highest BCUT2D eigenvalue weighted by molar-refractivity contribution is 5.85. The van der Waals surface area contributed by atoms with Crippen LogP contribution in [-0.4, -0.2) is 79.1 Å². The van der Waals surface area contributed by atoms with Crippen LogP contribution in [0, 0.1) is 5.82 Å². The van der Waals surface area contributed by atoms with Crippen LogP contribution in [0.5, 0.6) is 0 Å². The van der Waals surface area contributed by atoms with Gasteiger partial charge in [0.2, 0.25) is 11.8 Å². The fourth-order valence-electron chi connectivity index (χ4n) is 4.42. The fraction of sp³-hybridized carbons (Fsp3) is 0.400. The normalized spacial score (nSPS) is 13.8. The number of nitrogens with zero attached hydrogens (tertiary/aromatic N) is 3. The van der Waals surface area contributed by atoms with Gasteiger partial charge in [-0.05, 0) is 41.8 Å². The van der Waals surface area contributed by atoms with E-state index < -0.39 is 0 Å². The summed E-state index contributed by atoms with van der Waals surface area (Å²) < 4.78 is 30.1. The molecule has 0 atom stereocenters. The van der Waals surface area contributed by atoms with E-state index in [0.717, 1.165) is 37.2 Å². The summed E-state index contributed by atoms with van der Waals surface area (Å²) in [6.45, 7) is 5.01. The largest absolute Gasteiger partial charge is 0.467 e. The molecule has 0 radical (unpaired) electrons. The minimum absolute atomic E-state index is 0.0848. The van der Waals surface area contributed by atoms with Crippen molar-refractivity contribution in [3.63, 3.8) is 0 Å². The molecule has 1 aliphatic rings. The predicted octanol–water partition coefficient (Wildman–Crippen LogP) is 3.72. The number of rotatable bonds is 14. The first-order valence-electron chi connectivity index (χ1n) is 13.3. The molecule has 0 spiro atoms. The van der Waals surface area contributed by atoms with Crippen LogP contribution in [0.4, 0.5) is 4.39 Å². The second-order valence-electron chi connectivity index (χ2n) is 9.56. The van der Waals surface area contributed by atoms with Gasteiger partial charge in [0, 0.05) is 32.7 Å². The first-order chi connectivity index (χ1) is 19.1. The molecule has 0 bridgehead atoms. The van der Waals surface area contributed by atoms with Crippen molar-refractivity contribution in [1.29, 1.82) is 0 Å². The zero-order valence-corrected chi connectivity index (χ0v) is 22.2. The Bertz CT molecular complexity index is 1140. The molecule has 0 aliphatic carbocycles. The van der Waals surface area contributed by atoms with Gasteiger partial charge in [-0.1, -0.05) is 42.5 Å². The van der Waals surface area contributed by atoms with Gasteiger partial charge < -0.3 is 23.7 Å². The summed E-state index contributed by atoms with van der Waals surface area (Å²) in [5.74, 6) is -0.170. The molecule has 8 nitrogen and oxygen atoms in total. The van der Waals surface area contributed by atoms with Gasteiger partial charge in [-0.2, -0.15) is 0 Å². The third kappa shape index (κ3) is 9.62. The molecule has 2 aromatic carbocycles. The minimum atomic E-state index is -0.338. The molecule has 0 unspecified atom stereocenters. The average Bonchev–Trinajstić information content (AvgIpc) is 3.47. The lowest BCUT2D eigenvalue weighted by molar-refractivity contribution is -0.144. The second-order valence-corrected chi connectivity index (χ2v) is 9.56. The van der Waals surface area contributed by atoms with Crippen LogP contribution in [0.2, 0.25) is 0 Å². The Hall–Kier alpha value is -3.53. The van der Waals surface area contributed by atoms with Crippen LogP contribution in [0.1, 0.15) is 23.3 Å². The van der Waals surface area contributed by atoms with Crippen LogP contribution in [0.3, 0.4) is 0 Å². The van der Waals surface area contributed by atoms with Crippen LogP contribution in [-0.2, 0) is 38.8 Å². The van der Waals surface area contributed by atoms with E-state index in [1.807, 2.05) is 30.3 Å². The lowest BCUT2D eigenvalue weighted by Crippen LogP contribution is -2.45. The van der Waals surface area contributed by atoms with Crippen molar-refractivity contribution in [3.05, 3.63) is 95.7 Å². The van der Waals surface area contributed by atoms with E-state index in [0.29, 0.717) is 32.1 Å². The molecule has 2 heterocycles. The van der Waals surface area contributed by atoms with Gasteiger partial charge in [0.1, 0.15) is 18.2 Å². The summed E-state index contributed by atoms with van der Waals surface area (Å²) in [5, 5.41) is 0. The van der Waals surface area contributed by atoms with Crippen molar-refractivity contribution in [3.8, 4) is 0 Å². The van der Waals surface area contributed by atoms with Crippen molar-refractivity contribution >= 4 is 11.8 Å². The smallest absolute Gasteiger partial charge is 0.249 e. The molecule has 3 aromatic rings. The van der Waals surface area contributed by atoms with E-state index >= 15 is 0 Å². The lowest BCUT2D eigenvalue weighted by atomic mass is 10.2. The highest BCUT2D eigenvalue weighted by Crippen LogP contribution is 2.13. The number of ether oxygens (including phenoxy) is 2. The fourth-order valence-corrected chi connectivity index (χ4v) is 4.42. The van der Waals surface area contributed by atoms with E-state index in [2.05, 4.69) is 4.90 Å². The number of amides is 2. The third-order valence-corrected chi connectivity index (χ3v) is 6.59. The first kappa shape index (κ1) is 28.5. The first-order valence-corrected chi connectivity index (χ1v) is 13.3. The molecule has 1 fully saturated rings. The number of hydrogen-bond donors (Lipinski definition) is 0. The Balaban J connectivity index is 1.40. The van der Waals surface area contributed by atoms with Gasteiger partial charge in [-0.25, -0.2) is 4.39 Å². The van der Waals surface area contributed by atoms with Crippen LogP contribution in [0.15, 0.2) is 77.4 Å². The van der Waals surface area contributed by atoms with Crippen LogP contribution in [0.25, 0.3) is 0 Å². The molecule has 1 saturated heterocycles. The zero-order chi connectivity index (χ0) is 27.3. The number of carbonyl (C=O) groups is 2. The molecule has 2 amide bonds. The standard InChI is InChI=1S/C30H36FN3O5/c31-27-11-9-25(10-12-27)20-34(21-28-8-4-17-39-28)29(35)22-33(14-5-13-32-15-18-37-19-16-32)30(36)24-38-23-26-6-2-1-3-7-26/h1-4,6-12,17H,5,13-16,18-24H2. The Labute approximate surface area is 228 Å². The van der Waals surface area contributed by atoms with Crippen molar-refractivity contribution in [1.82, 2.24) is 14.7 Å². The number of furan rings is 1. The van der Waals surface area contributed by atoms with Crippen LogP contribution < -0.4 is 0 Å².